The Balaban J connectivity index is 2.61. The molecule has 1 aromatic carbocycles. The molecule has 0 fully saturated rings. The fraction of sp³-hybridized carbons (Fsp3) is 0.385. The van der Waals surface area contributed by atoms with Crippen LogP contribution in [0.5, 0.6) is 0 Å². The summed E-state index contributed by atoms with van der Waals surface area (Å²) in [6, 6.07) is 3.19. The van der Waals surface area contributed by atoms with E-state index in [2.05, 4.69) is 5.32 Å². The quantitative estimate of drug-likeness (QED) is 0.744. The van der Waals surface area contributed by atoms with Crippen LogP contribution in [0.1, 0.15) is 30.1 Å². The van der Waals surface area contributed by atoms with E-state index in [1.165, 1.54) is 6.07 Å². The Kier molecular flexibility index (Phi) is 5.95. The molecule has 0 bridgehead atoms. The lowest BCUT2D eigenvalue weighted by Gasteiger charge is -2.08. The molecule has 0 aromatic heterocycles. The first-order chi connectivity index (χ1) is 9.04. The molecule has 0 spiro atoms. The first-order valence-corrected chi connectivity index (χ1v) is 5.95. The third kappa shape index (κ3) is 5.05. The lowest BCUT2D eigenvalue weighted by atomic mass is 10.1. The lowest BCUT2D eigenvalue weighted by Crippen LogP contribution is -2.16. The van der Waals surface area contributed by atoms with Crippen molar-refractivity contribution in [2.24, 2.45) is 0 Å². The van der Waals surface area contributed by atoms with E-state index in [9.17, 15) is 14.0 Å². The van der Waals surface area contributed by atoms with Crippen molar-refractivity contribution in [2.75, 3.05) is 18.5 Å². The van der Waals surface area contributed by atoms with Gasteiger partial charge in [-0.3, -0.25) is 4.79 Å². The summed E-state index contributed by atoms with van der Waals surface area (Å²) in [6.45, 7) is 2.80. The zero-order chi connectivity index (χ0) is 14.3. The Morgan fingerprint density at radius 1 is 1.37 bits per heavy atom. The van der Waals surface area contributed by atoms with Crippen LogP contribution in [0.15, 0.2) is 18.2 Å². The van der Waals surface area contributed by atoms with Crippen molar-refractivity contribution in [3.05, 3.63) is 29.6 Å². The Morgan fingerprint density at radius 2 is 2.11 bits per heavy atom. The van der Waals surface area contributed by atoms with Gasteiger partial charge in [-0.2, -0.15) is 0 Å². The Hall–Kier alpha value is -1.95. The van der Waals surface area contributed by atoms with Crippen molar-refractivity contribution in [1.29, 1.82) is 0 Å². The number of hydrogen-bond donors (Lipinski definition) is 2. The van der Waals surface area contributed by atoms with Crippen LogP contribution in [0.4, 0.5) is 10.1 Å². The third-order valence-electron chi connectivity index (χ3n) is 2.31. The summed E-state index contributed by atoms with van der Waals surface area (Å²) in [5.41, 5.74) is -0.197. The van der Waals surface area contributed by atoms with Gasteiger partial charge in [0, 0.05) is 6.61 Å². The minimum Gasteiger partial charge on any atom is -0.478 e. The number of rotatable bonds is 7. The highest BCUT2D eigenvalue weighted by atomic mass is 19.1. The molecule has 2 N–H and O–H groups in total. The van der Waals surface area contributed by atoms with E-state index in [0.717, 1.165) is 18.6 Å². The largest absolute Gasteiger partial charge is 0.478 e. The van der Waals surface area contributed by atoms with E-state index >= 15 is 0 Å². The molecule has 0 saturated heterocycles. The number of aromatic carboxylic acids is 1. The summed E-state index contributed by atoms with van der Waals surface area (Å²) < 4.78 is 18.1. The molecule has 0 aliphatic carbocycles. The number of carbonyl (C=O) groups excluding carboxylic acids is 1. The predicted molar refractivity (Wildman–Crippen MR) is 67.7 cm³/mol. The van der Waals surface area contributed by atoms with Crippen LogP contribution >= 0.6 is 0 Å². The van der Waals surface area contributed by atoms with Gasteiger partial charge in [-0.25, -0.2) is 9.18 Å². The second-order valence-electron chi connectivity index (χ2n) is 3.91. The second kappa shape index (κ2) is 7.48. The van der Waals surface area contributed by atoms with Crippen LogP contribution in [0.2, 0.25) is 0 Å². The van der Waals surface area contributed by atoms with Gasteiger partial charge >= 0.3 is 5.97 Å². The number of ether oxygens (including phenoxy) is 1. The molecule has 0 radical (unpaired) electrons. The maximum atomic E-state index is 12.9. The first kappa shape index (κ1) is 15.1. The van der Waals surface area contributed by atoms with E-state index < -0.39 is 11.8 Å². The summed E-state index contributed by atoms with van der Waals surface area (Å²) in [4.78, 5) is 22.5. The van der Waals surface area contributed by atoms with Crippen molar-refractivity contribution >= 4 is 17.6 Å². The number of carboxylic acid groups (broad SMARTS) is 1. The van der Waals surface area contributed by atoms with Crippen molar-refractivity contribution in [1.82, 2.24) is 0 Å². The maximum absolute atomic E-state index is 12.9. The van der Waals surface area contributed by atoms with Gasteiger partial charge in [0.15, 0.2) is 0 Å². The molecule has 0 atom stereocenters. The summed E-state index contributed by atoms with van der Waals surface area (Å²) in [6.07, 6.45) is 0.985. The maximum Gasteiger partial charge on any atom is 0.337 e. The van der Waals surface area contributed by atoms with Gasteiger partial charge in [0.2, 0.25) is 5.91 Å². The van der Waals surface area contributed by atoms with Crippen LogP contribution in [0.25, 0.3) is 0 Å². The zero-order valence-electron chi connectivity index (χ0n) is 10.6. The highest BCUT2D eigenvalue weighted by Gasteiger charge is 2.13. The van der Waals surface area contributed by atoms with Crippen molar-refractivity contribution in [2.45, 2.75) is 19.8 Å². The molecule has 104 valence electrons. The van der Waals surface area contributed by atoms with Crippen LogP contribution < -0.4 is 5.32 Å². The number of hydrogen-bond acceptors (Lipinski definition) is 3. The lowest BCUT2D eigenvalue weighted by molar-refractivity contribution is -0.117. The summed E-state index contributed by atoms with van der Waals surface area (Å²) >= 11 is 0. The van der Waals surface area contributed by atoms with E-state index in [0.29, 0.717) is 6.61 Å². The fourth-order valence-corrected chi connectivity index (χ4v) is 1.43. The fourth-order valence-electron chi connectivity index (χ4n) is 1.43. The van der Waals surface area contributed by atoms with Gasteiger partial charge < -0.3 is 15.2 Å². The van der Waals surface area contributed by atoms with Crippen molar-refractivity contribution in [3.8, 4) is 0 Å². The molecule has 6 heteroatoms. The molecule has 0 saturated carbocycles. The number of carbonyl (C=O) groups is 2. The monoisotopic (exact) mass is 269 g/mol. The summed E-state index contributed by atoms with van der Waals surface area (Å²) in [5, 5.41) is 11.3. The van der Waals surface area contributed by atoms with Gasteiger partial charge in [-0.15, -0.1) is 0 Å². The molecule has 0 aliphatic rings. The van der Waals surface area contributed by atoms with Crippen LogP contribution in [0, 0.1) is 5.82 Å². The number of anilines is 1. The average molecular weight is 269 g/mol. The molecular formula is C13H16FNO4. The highest BCUT2D eigenvalue weighted by Crippen LogP contribution is 2.17. The van der Waals surface area contributed by atoms with Gasteiger partial charge in [0.1, 0.15) is 5.82 Å². The van der Waals surface area contributed by atoms with Gasteiger partial charge in [0.25, 0.3) is 0 Å². The molecule has 1 rings (SSSR count). The number of benzene rings is 1. The highest BCUT2D eigenvalue weighted by molar-refractivity contribution is 6.00. The normalized spacial score (nSPS) is 10.2. The van der Waals surface area contributed by atoms with Gasteiger partial charge in [-0.1, -0.05) is 6.92 Å². The molecule has 0 heterocycles. The van der Waals surface area contributed by atoms with E-state index in [4.69, 9.17) is 9.84 Å². The molecule has 1 amide bonds. The SMILES string of the molecule is CCCOCCC(=O)Nc1ccc(F)cc1C(=O)O. The Bertz CT molecular complexity index is 462. The Morgan fingerprint density at radius 3 is 2.74 bits per heavy atom. The predicted octanol–water partition coefficient (Wildman–Crippen LogP) is 2.28. The second-order valence-corrected chi connectivity index (χ2v) is 3.91. The summed E-state index contributed by atoms with van der Waals surface area (Å²) in [7, 11) is 0. The van der Waals surface area contributed by atoms with Crippen LogP contribution in [-0.4, -0.2) is 30.2 Å². The van der Waals surface area contributed by atoms with Crippen LogP contribution in [-0.2, 0) is 9.53 Å². The molecule has 0 unspecified atom stereocenters. The van der Waals surface area contributed by atoms with E-state index in [1.54, 1.807) is 0 Å². The number of carboxylic acids is 1. The zero-order valence-corrected chi connectivity index (χ0v) is 10.6. The minimum absolute atomic E-state index is 0.0781. The van der Waals surface area contributed by atoms with Crippen LogP contribution in [0.3, 0.4) is 0 Å². The standard InChI is InChI=1S/C13H16FNO4/c1-2-6-19-7-5-12(16)15-11-4-3-9(14)8-10(11)13(17)18/h3-4,8H,2,5-7H2,1H3,(H,15,16)(H,17,18). The molecule has 5 nitrogen and oxygen atoms in total. The topological polar surface area (TPSA) is 75.6 Å². The van der Waals surface area contributed by atoms with E-state index in [-0.39, 0.29) is 30.2 Å². The van der Waals surface area contributed by atoms with Gasteiger partial charge in [-0.05, 0) is 24.6 Å². The molecular weight excluding hydrogens is 253 g/mol. The average Bonchev–Trinajstić information content (AvgIpc) is 2.36. The van der Waals surface area contributed by atoms with E-state index in [1.807, 2.05) is 6.92 Å². The number of nitrogens with one attached hydrogen (secondary N) is 1. The van der Waals surface area contributed by atoms with Crippen molar-refractivity contribution in [3.63, 3.8) is 0 Å². The third-order valence-corrected chi connectivity index (χ3v) is 2.31. The first-order valence-electron chi connectivity index (χ1n) is 5.95. The number of amides is 1. The minimum atomic E-state index is -1.29. The van der Waals surface area contributed by atoms with Crippen molar-refractivity contribution < 1.29 is 23.8 Å². The molecule has 19 heavy (non-hydrogen) atoms. The number of halogens is 1. The molecule has 0 aliphatic heterocycles. The van der Waals surface area contributed by atoms with Gasteiger partial charge in [0.05, 0.1) is 24.3 Å². The smallest absolute Gasteiger partial charge is 0.337 e. The Labute approximate surface area is 110 Å². The summed E-state index contributed by atoms with van der Waals surface area (Å²) in [5.74, 6) is -2.33. The molecule has 1 aromatic rings.